The van der Waals surface area contributed by atoms with Crippen LogP contribution in [0.25, 0.3) is 0 Å². The summed E-state index contributed by atoms with van der Waals surface area (Å²) >= 11 is 0. The monoisotopic (exact) mass is 276 g/mol. The number of hydrogen-bond donors (Lipinski definition) is 1. The third kappa shape index (κ3) is 4.60. The molecule has 0 aliphatic carbocycles. The third-order valence-electron chi connectivity index (χ3n) is 2.48. The molecule has 1 aromatic rings. The molecule has 0 radical (unpaired) electrons. The van der Waals surface area contributed by atoms with Crippen molar-refractivity contribution < 1.29 is 13.9 Å². The average molecular weight is 277 g/mol. The zero-order valence-corrected chi connectivity index (χ0v) is 11.2. The molecule has 0 saturated heterocycles. The number of amides is 1. The highest BCUT2D eigenvalue weighted by Crippen LogP contribution is 2.07. The first-order valence-corrected chi connectivity index (χ1v) is 5.30. The molecule has 0 saturated carbocycles. The van der Waals surface area contributed by atoms with E-state index in [4.69, 9.17) is 10.5 Å². The van der Waals surface area contributed by atoms with Gasteiger partial charge in [-0.3, -0.25) is 4.79 Å². The minimum Gasteiger partial charge on any atom is -0.370 e. The Kier molecular flexibility index (Phi) is 7.50. The molecule has 0 heterocycles. The molecule has 1 rings (SSSR count). The molecule has 0 aliphatic rings. The number of nitrogens with two attached hydrogens (primary N) is 1. The Bertz CT molecular complexity index is 369. The Balaban J connectivity index is 0.00000289. The van der Waals surface area contributed by atoms with Gasteiger partial charge in [-0.1, -0.05) is 12.1 Å². The molecule has 0 spiro atoms. The summed E-state index contributed by atoms with van der Waals surface area (Å²) in [5.74, 6) is -0.473. The molecule has 6 heteroatoms. The van der Waals surface area contributed by atoms with Crippen LogP contribution in [-0.4, -0.2) is 37.6 Å². The second kappa shape index (κ2) is 8.02. The number of halogens is 2. The van der Waals surface area contributed by atoms with Gasteiger partial charge in [-0.2, -0.15) is 0 Å². The van der Waals surface area contributed by atoms with Crippen molar-refractivity contribution in [1.82, 2.24) is 4.90 Å². The molecule has 102 valence electrons. The standard InChI is InChI=1S/C12H17FN2O2.ClH/c1-15(12(16)11(7-14)17-2)8-9-3-5-10(13)6-4-9;/h3-6,11H,7-8,14H2,1-2H3;1H. The molecule has 18 heavy (non-hydrogen) atoms. The predicted molar refractivity (Wildman–Crippen MR) is 70.0 cm³/mol. The molecule has 1 aromatic carbocycles. The summed E-state index contributed by atoms with van der Waals surface area (Å²) in [5, 5.41) is 0. The van der Waals surface area contributed by atoms with Crippen molar-refractivity contribution in [3.05, 3.63) is 35.6 Å². The molecule has 1 atom stereocenters. The lowest BCUT2D eigenvalue weighted by Gasteiger charge is -2.22. The fourth-order valence-electron chi connectivity index (χ4n) is 1.49. The lowest BCUT2D eigenvalue weighted by Crippen LogP contribution is -2.41. The van der Waals surface area contributed by atoms with Gasteiger partial charge in [0.25, 0.3) is 5.91 Å². The van der Waals surface area contributed by atoms with E-state index in [1.54, 1.807) is 19.2 Å². The Morgan fingerprint density at radius 3 is 2.44 bits per heavy atom. The summed E-state index contributed by atoms with van der Waals surface area (Å²) in [6, 6.07) is 6.02. The van der Waals surface area contributed by atoms with Crippen molar-refractivity contribution in [2.75, 3.05) is 20.7 Å². The van der Waals surface area contributed by atoms with Crippen LogP contribution in [0.4, 0.5) is 4.39 Å². The normalized spacial score (nSPS) is 11.6. The largest absolute Gasteiger partial charge is 0.370 e. The fourth-order valence-corrected chi connectivity index (χ4v) is 1.49. The third-order valence-corrected chi connectivity index (χ3v) is 2.48. The highest BCUT2D eigenvalue weighted by molar-refractivity contribution is 5.85. The average Bonchev–Trinajstić information content (AvgIpc) is 2.33. The number of nitrogens with zero attached hydrogens (tertiary/aromatic N) is 1. The molecule has 0 fully saturated rings. The molecule has 0 aromatic heterocycles. The topological polar surface area (TPSA) is 55.6 Å². The van der Waals surface area contributed by atoms with Gasteiger partial charge in [0.2, 0.25) is 0 Å². The number of rotatable bonds is 5. The first kappa shape index (κ1) is 16.8. The van der Waals surface area contributed by atoms with E-state index in [2.05, 4.69) is 0 Å². The van der Waals surface area contributed by atoms with Gasteiger partial charge in [0.1, 0.15) is 11.9 Å². The highest BCUT2D eigenvalue weighted by atomic mass is 35.5. The lowest BCUT2D eigenvalue weighted by molar-refractivity contribution is -0.140. The summed E-state index contributed by atoms with van der Waals surface area (Å²) in [6.45, 7) is 0.544. The minimum absolute atomic E-state index is 0. The molecule has 2 N–H and O–H groups in total. The maximum Gasteiger partial charge on any atom is 0.253 e. The van der Waals surface area contributed by atoms with Crippen LogP contribution in [-0.2, 0) is 16.1 Å². The van der Waals surface area contributed by atoms with E-state index in [0.29, 0.717) is 6.54 Å². The van der Waals surface area contributed by atoms with Crippen molar-refractivity contribution in [3.63, 3.8) is 0 Å². The fraction of sp³-hybridized carbons (Fsp3) is 0.417. The van der Waals surface area contributed by atoms with E-state index in [1.165, 1.54) is 24.1 Å². The van der Waals surface area contributed by atoms with Gasteiger partial charge in [-0.25, -0.2) is 4.39 Å². The highest BCUT2D eigenvalue weighted by Gasteiger charge is 2.19. The number of carbonyl (C=O) groups is 1. The van der Waals surface area contributed by atoms with E-state index in [1.807, 2.05) is 0 Å². The number of ether oxygens (including phenoxy) is 1. The van der Waals surface area contributed by atoms with Gasteiger partial charge in [0.05, 0.1) is 0 Å². The molecule has 4 nitrogen and oxygen atoms in total. The van der Waals surface area contributed by atoms with Crippen LogP contribution in [0.3, 0.4) is 0 Å². The Morgan fingerprint density at radius 1 is 1.44 bits per heavy atom. The minimum atomic E-state index is -0.625. The number of methoxy groups -OCH3 is 1. The molecule has 0 aliphatic heterocycles. The van der Waals surface area contributed by atoms with Gasteiger partial charge in [0, 0.05) is 27.2 Å². The summed E-state index contributed by atoms with van der Waals surface area (Å²) in [4.78, 5) is 13.3. The van der Waals surface area contributed by atoms with Crippen molar-refractivity contribution >= 4 is 18.3 Å². The van der Waals surface area contributed by atoms with Crippen molar-refractivity contribution in [1.29, 1.82) is 0 Å². The number of likely N-dealkylation sites (N-methyl/N-ethyl adjacent to an activating group) is 1. The second-order valence-electron chi connectivity index (χ2n) is 3.78. The van der Waals surface area contributed by atoms with Crippen LogP contribution >= 0.6 is 12.4 Å². The van der Waals surface area contributed by atoms with E-state index < -0.39 is 6.10 Å². The summed E-state index contributed by atoms with van der Waals surface area (Å²) in [6.07, 6.45) is -0.625. The SMILES string of the molecule is COC(CN)C(=O)N(C)Cc1ccc(F)cc1.Cl. The van der Waals surface area contributed by atoms with Gasteiger partial charge in [0.15, 0.2) is 0 Å². The van der Waals surface area contributed by atoms with Gasteiger partial charge < -0.3 is 15.4 Å². The van der Waals surface area contributed by atoms with Crippen LogP contribution < -0.4 is 5.73 Å². The molecule has 1 amide bonds. The van der Waals surface area contributed by atoms with Crippen molar-refractivity contribution in [3.8, 4) is 0 Å². The van der Waals surface area contributed by atoms with Gasteiger partial charge >= 0.3 is 0 Å². The van der Waals surface area contributed by atoms with Crippen LogP contribution in [0.2, 0.25) is 0 Å². The summed E-state index contributed by atoms with van der Waals surface area (Å²) in [7, 11) is 3.11. The number of hydrogen-bond acceptors (Lipinski definition) is 3. The Labute approximate surface area is 112 Å². The Morgan fingerprint density at radius 2 is 2.00 bits per heavy atom. The summed E-state index contributed by atoms with van der Waals surface area (Å²) < 4.78 is 17.7. The molecular formula is C12H18ClFN2O2. The number of benzene rings is 1. The maximum absolute atomic E-state index is 12.7. The van der Waals surface area contributed by atoms with Crippen LogP contribution in [0.1, 0.15) is 5.56 Å². The van der Waals surface area contributed by atoms with E-state index >= 15 is 0 Å². The van der Waals surface area contributed by atoms with Gasteiger partial charge in [-0.15, -0.1) is 12.4 Å². The second-order valence-corrected chi connectivity index (χ2v) is 3.78. The van der Waals surface area contributed by atoms with E-state index in [0.717, 1.165) is 5.56 Å². The smallest absolute Gasteiger partial charge is 0.253 e. The molecule has 0 bridgehead atoms. The predicted octanol–water partition coefficient (Wildman–Crippen LogP) is 1.18. The van der Waals surface area contributed by atoms with Gasteiger partial charge in [-0.05, 0) is 17.7 Å². The van der Waals surface area contributed by atoms with Crippen molar-refractivity contribution in [2.45, 2.75) is 12.6 Å². The zero-order valence-electron chi connectivity index (χ0n) is 10.4. The first-order valence-electron chi connectivity index (χ1n) is 5.30. The van der Waals surface area contributed by atoms with Crippen LogP contribution in [0.5, 0.6) is 0 Å². The molecular weight excluding hydrogens is 259 g/mol. The zero-order chi connectivity index (χ0) is 12.8. The van der Waals surface area contributed by atoms with Crippen LogP contribution in [0, 0.1) is 5.82 Å². The van der Waals surface area contributed by atoms with Crippen LogP contribution in [0.15, 0.2) is 24.3 Å². The quantitative estimate of drug-likeness (QED) is 0.879. The summed E-state index contributed by atoms with van der Waals surface area (Å²) in [5.41, 5.74) is 6.27. The van der Waals surface area contributed by atoms with Crippen molar-refractivity contribution in [2.24, 2.45) is 5.73 Å². The first-order chi connectivity index (χ1) is 8.08. The molecule has 1 unspecified atom stereocenters. The van der Waals surface area contributed by atoms with E-state index in [-0.39, 0.29) is 30.7 Å². The lowest BCUT2D eigenvalue weighted by atomic mass is 10.2. The maximum atomic E-state index is 12.7. The van der Waals surface area contributed by atoms with E-state index in [9.17, 15) is 9.18 Å². The Hall–Kier alpha value is -1.17. The number of carbonyl (C=O) groups excluding carboxylic acids is 1.